The van der Waals surface area contributed by atoms with Gasteiger partial charge >= 0.3 is 0 Å². The maximum absolute atomic E-state index is 5.11. The molecule has 4 heteroatoms. The highest BCUT2D eigenvalue weighted by molar-refractivity contribution is 8.11. The number of thiol groups is 1. The van der Waals surface area contributed by atoms with Crippen molar-refractivity contribution in [3.8, 4) is 0 Å². The Bertz CT molecular complexity index is 562. The zero-order valence-corrected chi connectivity index (χ0v) is 13.6. The summed E-state index contributed by atoms with van der Waals surface area (Å²) in [4.78, 5) is 3.34. The molecule has 108 valence electrons. The minimum atomic E-state index is 0.244. The summed E-state index contributed by atoms with van der Waals surface area (Å²) in [6, 6.07) is 8.63. The van der Waals surface area contributed by atoms with Crippen molar-refractivity contribution in [2.24, 2.45) is 0 Å². The molecule has 20 heavy (non-hydrogen) atoms. The highest BCUT2D eigenvalue weighted by Crippen LogP contribution is 2.28. The first-order valence-electron chi connectivity index (χ1n) is 7.28. The number of aromatic amines is 1. The average molecular weight is 307 g/mol. The van der Waals surface area contributed by atoms with Gasteiger partial charge in [0, 0.05) is 17.1 Å². The first-order valence-corrected chi connectivity index (χ1v) is 8.13. The molecule has 0 saturated heterocycles. The number of thiocarbonyl (C=S) groups is 1. The van der Waals surface area contributed by atoms with Gasteiger partial charge in [-0.1, -0.05) is 63.0 Å². The van der Waals surface area contributed by atoms with Crippen LogP contribution in [0.15, 0.2) is 30.5 Å². The number of hydrogen-bond donors (Lipinski definition) is 3. The van der Waals surface area contributed by atoms with E-state index in [4.69, 9.17) is 12.2 Å². The van der Waals surface area contributed by atoms with Crippen molar-refractivity contribution in [1.29, 1.82) is 0 Å². The van der Waals surface area contributed by atoms with Gasteiger partial charge in [0.15, 0.2) is 0 Å². The predicted molar refractivity (Wildman–Crippen MR) is 94.5 cm³/mol. The molecular formula is C16H22N2S2. The highest BCUT2D eigenvalue weighted by Gasteiger charge is 2.15. The lowest BCUT2D eigenvalue weighted by Crippen LogP contribution is -2.23. The van der Waals surface area contributed by atoms with Crippen LogP contribution in [-0.4, -0.2) is 9.30 Å². The zero-order chi connectivity index (χ0) is 14.4. The maximum Gasteiger partial charge on any atom is 0.131 e. The van der Waals surface area contributed by atoms with Crippen LogP contribution >= 0.6 is 24.8 Å². The fraction of sp³-hybridized carbons (Fsp3) is 0.438. The molecule has 1 unspecified atom stereocenters. The van der Waals surface area contributed by atoms with Crippen molar-refractivity contribution in [1.82, 2.24) is 10.3 Å². The molecule has 0 saturated carbocycles. The van der Waals surface area contributed by atoms with Gasteiger partial charge in [0.2, 0.25) is 0 Å². The van der Waals surface area contributed by atoms with Crippen LogP contribution in [0.2, 0.25) is 0 Å². The van der Waals surface area contributed by atoms with E-state index in [1.807, 2.05) is 0 Å². The number of nitrogens with one attached hydrogen (secondary N) is 2. The van der Waals surface area contributed by atoms with Crippen LogP contribution < -0.4 is 5.32 Å². The molecular weight excluding hydrogens is 284 g/mol. The second kappa shape index (κ2) is 7.70. The lowest BCUT2D eigenvalue weighted by molar-refractivity contribution is 0.538. The molecule has 0 spiro atoms. The quantitative estimate of drug-likeness (QED) is 0.382. The zero-order valence-electron chi connectivity index (χ0n) is 11.9. The number of benzene rings is 1. The summed E-state index contributed by atoms with van der Waals surface area (Å²) in [5.74, 6) is 0. The fourth-order valence-corrected chi connectivity index (χ4v) is 2.91. The topological polar surface area (TPSA) is 27.8 Å². The third-order valence-corrected chi connectivity index (χ3v) is 3.89. The summed E-state index contributed by atoms with van der Waals surface area (Å²) in [7, 11) is 0. The number of fused-ring (bicyclic) bond motifs is 1. The van der Waals surface area contributed by atoms with Crippen LogP contribution in [0.3, 0.4) is 0 Å². The number of H-pyrrole nitrogens is 1. The van der Waals surface area contributed by atoms with Crippen LogP contribution in [0.4, 0.5) is 0 Å². The Morgan fingerprint density at radius 1 is 1.30 bits per heavy atom. The molecule has 1 aromatic carbocycles. The van der Waals surface area contributed by atoms with E-state index in [9.17, 15) is 0 Å². The molecule has 2 aromatic rings. The molecule has 0 amide bonds. The van der Waals surface area contributed by atoms with Gasteiger partial charge in [-0.3, -0.25) is 0 Å². The van der Waals surface area contributed by atoms with Crippen LogP contribution in [0, 0.1) is 0 Å². The van der Waals surface area contributed by atoms with Crippen molar-refractivity contribution in [3.05, 3.63) is 36.0 Å². The Labute approximate surface area is 131 Å². The Kier molecular flexibility index (Phi) is 5.92. The lowest BCUT2D eigenvalue weighted by atomic mass is 9.99. The van der Waals surface area contributed by atoms with Gasteiger partial charge < -0.3 is 10.3 Å². The smallest absolute Gasteiger partial charge is 0.131 e. The first kappa shape index (κ1) is 15.4. The molecule has 2 nitrogen and oxygen atoms in total. The van der Waals surface area contributed by atoms with E-state index in [-0.39, 0.29) is 6.04 Å². The molecule has 2 N–H and O–H groups in total. The van der Waals surface area contributed by atoms with Gasteiger partial charge in [0.25, 0.3) is 0 Å². The number of unbranched alkanes of at least 4 members (excludes halogenated alkanes) is 3. The Morgan fingerprint density at radius 3 is 2.85 bits per heavy atom. The van der Waals surface area contributed by atoms with Crippen LogP contribution in [-0.2, 0) is 0 Å². The second-order valence-electron chi connectivity index (χ2n) is 5.14. The van der Waals surface area contributed by atoms with E-state index in [0.29, 0.717) is 4.32 Å². The summed E-state index contributed by atoms with van der Waals surface area (Å²) in [5, 5.41) is 4.60. The number of rotatable bonds is 7. The molecule has 0 fully saturated rings. The molecule has 2 rings (SSSR count). The maximum atomic E-state index is 5.11. The van der Waals surface area contributed by atoms with Crippen molar-refractivity contribution in [2.45, 2.75) is 45.1 Å². The highest BCUT2D eigenvalue weighted by atomic mass is 32.1. The van der Waals surface area contributed by atoms with E-state index in [1.54, 1.807) is 0 Å². The molecule has 1 aromatic heterocycles. The monoisotopic (exact) mass is 306 g/mol. The fourth-order valence-electron chi connectivity index (χ4n) is 2.61. The van der Waals surface area contributed by atoms with Crippen molar-refractivity contribution < 1.29 is 0 Å². The predicted octanol–water partition coefficient (Wildman–Crippen LogP) is 4.98. The third-order valence-electron chi connectivity index (χ3n) is 3.64. The van der Waals surface area contributed by atoms with Crippen molar-refractivity contribution in [2.75, 3.05) is 0 Å². The van der Waals surface area contributed by atoms with Gasteiger partial charge in [-0.2, -0.15) is 0 Å². The Balaban J connectivity index is 2.14. The largest absolute Gasteiger partial charge is 0.364 e. The molecule has 0 aliphatic carbocycles. The normalized spacial score (nSPS) is 12.5. The van der Waals surface area contributed by atoms with Crippen LogP contribution in [0.25, 0.3) is 10.9 Å². The molecule has 0 radical (unpaired) electrons. The molecule has 1 atom stereocenters. The number of hydrogen-bond acceptors (Lipinski definition) is 1. The van der Waals surface area contributed by atoms with E-state index in [1.165, 1.54) is 42.1 Å². The van der Waals surface area contributed by atoms with Gasteiger partial charge in [-0.15, -0.1) is 12.6 Å². The van der Waals surface area contributed by atoms with Crippen LogP contribution in [0.1, 0.15) is 50.6 Å². The molecule has 0 bridgehead atoms. The molecule has 1 heterocycles. The molecule has 0 aliphatic rings. The lowest BCUT2D eigenvalue weighted by Gasteiger charge is -2.18. The number of aromatic nitrogens is 1. The van der Waals surface area contributed by atoms with Gasteiger partial charge in [0.1, 0.15) is 4.32 Å². The van der Waals surface area contributed by atoms with Crippen molar-refractivity contribution >= 4 is 40.1 Å². The minimum Gasteiger partial charge on any atom is -0.364 e. The summed E-state index contributed by atoms with van der Waals surface area (Å²) >= 11 is 9.35. The average Bonchev–Trinajstić information content (AvgIpc) is 2.86. The summed E-state index contributed by atoms with van der Waals surface area (Å²) in [6.45, 7) is 2.23. The summed E-state index contributed by atoms with van der Waals surface area (Å²) in [5.41, 5.74) is 2.46. The standard InChI is InChI=1S/C16H22N2S2/c1-2-3-4-5-10-15(18-16(19)20)13-11-17-14-9-7-6-8-12(13)14/h6-9,11,15,17H,2-5,10H2,1H3,(H2,18,19,20). The first-order chi connectivity index (χ1) is 9.72. The Hall–Kier alpha value is -1.00. The van der Waals surface area contributed by atoms with Crippen LogP contribution in [0.5, 0.6) is 0 Å². The van der Waals surface area contributed by atoms with Crippen molar-refractivity contribution in [3.63, 3.8) is 0 Å². The van der Waals surface area contributed by atoms with E-state index in [0.717, 1.165) is 6.42 Å². The Morgan fingerprint density at radius 2 is 2.10 bits per heavy atom. The molecule has 0 aliphatic heterocycles. The summed E-state index contributed by atoms with van der Waals surface area (Å²) < 4.78 is 0.566. The SMILES string of the molecule is CCCCCCC(NC(=S)S)c1c[nH]c2ccccc12. The second-order valence-corrected chi connectivity index (χ2v) is 6.30. The van der Waals surface area contributed by atoms with Gasteiger partial charge in [0.05, 0.1) is 6.04 Å². The third kappa shape index (κ3) is 4.00. The van der Waals surface area contributed by atoms with Gasteiger partial charge in [-0.05, 0) is 18.1 Å². The van der Waals surface area contributed by atoms with Gasteiger partial charge in [-0.25, -0.2) is 0 Å². The summed E-state index contributed by atoms with van der Waals surface area (Å²) in [6.07, 6.45) is 8.22. The van der Waals surface area contributed by atoms with E-state index in [2.05, 4.69) is 60.3 Å². The number of para-hydroxylation sites is 1. The van der Waals surface area contributed by atoms with E-state index < -0.39 is 0 Å². The minimum absolute atomic E-state index is 0.244. The van der Waals surface area contributed by atoms with E-state index >= 15 is 0 Å².